The maximum atomic E-state index is 4.43. The van der Waals surface area contributed by atoms with Crippen LogP contribution in [0.1, 0.15) is 5.56 Å². The van der Waals surface area contributed by atoms with Crippen LogP contribution in [0.25, 0.3) is 10.8 Å². The van der Waals surface area contributed by atoms with Gasteiger partial charge in [0.15, 0.2) is 0 Å². The fraction of sp³-hybridized carbons (Fsp3) is 0.0500. The zero-order valence-corrected chi connectivity index (χ0v) is 13.6. The van der Waals surface area contributed by atoms with Crippen molar-refractivity contribution in [3.63, 3.8) is 0 Å². The van der Waals surface area contributed by atoms with Gasteiger partial charge in [-0.2, -0.15) is 0 Å². The van der Waals surface area contributed by atoms with E-state index in [4.69, 9.17) is 0 Å². The second-order valence-corrected chi connectivity index (χ2v) is 5.63. The van der Waals surface area contributed by atoms with Gasteiger partial charge in [-0.1, -0.05) is 54.6 Å². The van der Waals surface area contributed by atoms with E-state index in [9.17, 15) is 0 Å². The van der Waals surface area contributed by atoms with Crippen LogP contribution in [0, 0.1) is 0 Å². The summed E-state index contributed by atoms with van der Waals surface area (Å²) >= 11 is 0. The predicted octanol–water partition coefficient (Wildman–Crippen LogP) is 4.38. The van der Waals surface area contributed by atoms with Gasteiger partial charge in [-0.3, -0.25) is 0 Å². The zero-order valence-electron chi connectivity index (χ0n) is 13.6. The number of rotatable bonds is 5. The van der Waals surface area contributed by atoms with E-state index in [1.807, 2.05) is 48.5 Å². The molecule has 2 aromatic carbocycles. The summed E-state index contributed by atoms with van der Waals surface area (Å²) in [5, 5.41) is 8.79. The maximum Gasteiger partial charge on any atom is 0.139 e. The minimum atomic E-state index is 0.703. The lowest BCUT2D eigenvalue weighted by Crippen LogP contribution is -2.03. The van der Waals surface area contributed by atoms with Gasteiger partial charge in [-0.05, 0) is 17.0 Å². The van der Waals surface area contributed by atoms with Crippen LogP contribution in [-0.4, -0.2) is 15.0 Å². The van der Waals surface area contributed by atoms with Gasteiger partial charge in [-0.25, -0.2) is 15.0 Å². The first-order valence-corrected chi connectivity index (χ1v) is 8.09. The van der Waals surface area contributed by atoms with Crippen LogP contribution in [0.3, 0.4) is 0 Å². The molecule has 25 heavy (non-hydrogen) atoms. The fourth-order valence-electron chi connectivity index (χ4n) is 2.65. The standard InChI is InChI=1S/C20H17N5/c1-2-6-15(7-3-1)13-22-18-12-19(24-14-23-18)25-20-17-9-5-4-8-16(17)10-11-21-20/h1-12,14H,13H2,(H2,21,22,23,24,25). The van der Waals surface area contributed by atoms with E-state index in [-0.39, 0.29) is 0 Å². The smallest absolute Gasteiger partial charge is 0.139 e. The van der Waals surface area contributed by atoms with Crippen molar-refractivity contribution in [1.82, 2.24) is 15.0 Å². The molecule has 4 aromatic rings. The summed E-state index contributed by atoms with van der Waals surface area (Å²) in [5.41, 5.74) is 1.20. The zero-order chi connectivity index (χ0) is 16.9. The Morgan fingerprint density at radius 1 is 0.760 bits per heavy atom. The van der Waals surface area contributed by atoms with Crippen molar-refractivity contribution >= 4 is 28.2 Å². The molecule has 0 unspecified atom stereocenters. The minimum Gasteiger partial charge on any atom is -0.366 e. The van der Waals surface area contributed by atoms with Crippen molar-refractivity contribution in [2.75, 3.05) is 10.6 Å². The Labute approximate surface area is 145 Å². The second-order valence-electron chi connectivity index (χ2n) is 5.63. The summed E-state index contributed by atoms with van der Waals surface area (Å²) in [4.78, 5) is 13.0. The molecule has 0 aliphatic carbocycles. The topological polar surface area (TPSA) is 62.7 Å². The highest BCUT2D eigenvalue weighted by atomic mass is 15.1. The van der Waals surface area contributed by atoms with Crippen LogP contribution in [0.4, 0.5) is 17.5 Å². The number of nitrogens with zero attached hydrogens (tertiary/aromatic N) is 3. The quantitative estimate of drug-likeness (QED) is 0.569. The predicted molar refractivity (Wildman–Crippen MR) is 101 cm³/mol. The Balaban J connectivity index is 1.53. The lowest BCUT2D eigenvalue weighted by molar-refractivity contribution is 1.08. The minimum absolute atomic E-state index is 0.703. The van der Waals surface area contributed by atoms with Gasteiger partial charge in [0, 0.05) is 24.2 Å². The van der Waals surface area contributed by atoms with Crippen LogP contribution >= 0.6 is 0 Å². The molecule has 2 N–H and O–H groups in total. The Morgan fingerprint density at radius 3 is 2.48 bits per heavy atom. The number of nitrogens with one attached hydrogen (secondary N) is 2. The lowest BCUT2D eigenvalue weighted by atomic mass is 10.1. The molecule has 0 fully saturated rings. The van der Waals surface area contributed by atoms with Gasteiger partial charge < -0.3 is 10.6 Å². The summed E-state index contributed by atoms with van der Waals surface area (Å²) < 4.78 is 0. The molecule has 0 aliphatic heterocycles. The number of benzene rings is 2. The normalized spacial score (nSPS) is 10.6. The number of aromatic nitrogens is 3. The largest absolute Gasteiger partial charge is 0.366 e. The van der Waals surface area contributed by atoms with E-state index in [0.717, 1.165) is 22.4 Å². The molecule has 0 bridgehead atoms. The number of fused-ring (bicyclic) bond motifs is 1. The van der Waals surface area contributed by atoms with Gasteiger partial charge in [-0.15, -0.1) is 0 Å². The van der Waals surface area contributed by atoms with E-state index in [0.29, 0.717) is 12.4 Å². The second kappa shape index (κ2) is 6.97. The van der Waals surface area contributed by atoms with Crippen molar-refractivity contribution in [2.24, 2.45) is 0 Å². The number of anilines is 3. The molecular formula is C20H17N5. The van der Waals surface area contributed by atoms with Crippen LogP contribution in [-0.2, 0) is 6.54 Å². The third-order valence-electron chi connectivity index (χ3n) is 3.90. The third-order valence-corrected chi connectivity index (χ3v) is 3.90. The van der Waals surface area contributed by atoms with Crippen molar-refractivity contribution in [1.29, 1.82) is 0 Å². The lowest BCUT2D eigenvalue weighted by Gasteiger charge is -2.10. The van der Waals surface area contributed by atoms with Crippen molar-refractivity contribution in [3.05, 3.63) is 84.8 Å². The van der Waals surface area contributed by atoms with Crippen LogP contribution in [0.15, 0.2) is 79.3 Å². The Hall–Kier alpha value is -3.47. The van der Waals surface area contributed by atoms with Crippen molar-refractivity contribution in [3.8, 4) is 0 Å². The molecule has 0 spiro atoms. The number of hydrogen-bond acceptors (Lipinski definition) is 5. The first-order chi connectivity index (χ1) is 12.4. The van der Waals surface area contributed by atoms with E-state index in [1.165, 1.54) is 5.56 Å². The molecule has 2 heterocycles. The molecule has 2 aromatic heterocycles. The van der Waals surface area contributed by atoms with E-state index >= 15 is 0 Å². The summed E-state index contributed by atoms with van der Waals surface area (Å²) in [7, 11) is 0. The summed E-state index contributed by atoms with van der Waals surface area (Å²) in [6, 6.07) is 22.2. The molecule has 0 atom stereocenters. The molecular weight excluding hydrogens is 310 g/mol. The van der Waals surface area contributed by atoms with Crippen LogP contribution < -0.4 is 10.6 Å². The highest BCUT2D eigenvalue weighted by Crippen LogP contribution is 2.23. The first kappa shape index (κ1) is 15.1. The van der Waals surface area contributed by atoms with Gasteiger partial charge in [0.1, 0.15) is 23.8 Å². The molecule has 0 amide bonds. The Kier molecular flexibility index (Phi) is 4.20. The Morgan fingerprint density at radius 2 is 1.56 bits per heavy atom. The van der Waals surface area contributed by atoms with E-state index in [2.05, 4.69) is 43.8 Å². The highest BCUT2D eigenvalue weighted by Gasteiger charge is 2.04. The molecule has 0 saturated heterocycles. The highest BCUT2D eigenvalue weighted by molar-refractivity contribution is 5.92. The fourth-order valence-corrected chi connectivity index (χ4v) is 2.65. The molecule has 0 aliphatic rings. The van der Waals surface area contributed by atoms with Gasteiger partial charge in [0.05, 0.1) is 0 Å². The van der Waals surface area contributed by atoms with Gasteiger partial charge in [0.25, 0.3) is 0 Å². The summed E-state index contributed by atoms with van der Waals surface area (Å²) in [6.45, 7) is 0.712. The maximum absolute atomic E-state index is 4.43. The monoisotopic (exact) mass is 327 g/mol. The van der Waals surface area contributed by atoms with E-state index in [1.54, 1.807) is 12.5 Å². The molecule has 4 rings (SSSR count). The Bertz CT molecular complexity index is 980. The average molecular weight is 327 g/mol. The average Bonchev–Trinajstić information content (AvgIpc) is 2.68. The molecule has 122 valence electrons. The third kappa shape index (κ3) is 3.55. The van der Waals surface area contributed by atoms with Gasteiger partial charge in [0.2, 0.25) is 0 Å². The molecule has 0 saturated carbocycles. The molecule has 0 radical (unpaired) electrons. The SMILES string of the molecule is c1ccc(CNc2cc(Nc3nccc4ccccc34)ncn2)cc1. The van der Waals surface area contributed by atoms with Crippen molar-refractivity contribution in [2.45, 2.75) is 6.54 Å². The number of pyridine rings is 1. The molecule has 5 heteroatoms. The van der Waals surface area contributed by atoms with Crippen LogP contribution in [0.5, 0.6) is 0 Å². The summed E-state index contributed by atoms with van der Waals surface area (Å²) in [5.74, 6) is 2.25. The van der Waals surface area contributed by atoms with Crippen molar-refractivity contribution < 1.29 is 0 Å². The first-order valence-electron chi connectivity index (χ1n) is 8.09. The summed E-state index contributed by atoms with van der Waals surface area (Å²) in [6.07, 6.45) is 3.33. The van der Waals surface area contributed by atoms with E-state index < -0.39 is 0 Å². The molecule has 5 nitrogen and oxygen atoms in total. The van der Waals surface area contributed by atoms with Crippen LogP contribution in [0.2, 0.25) is 0 Å². The number of hydrogen-bond donors (Lipinski definition) is 2. The van der Waals surface area contributed by atoms with Gasteiger partial charge >= 0.3 is 0 Å².